The van der Waals surface area contributed by atoms with Crippen LogP contribution in [0.4, 0.5) is 4.39 Å². The molecule has 1 unspecified atom stereocenters. The summed E-state index contributed by atoms with van der Waals surface area (Å²) in [5, 5.41) is 2.82. The second-order valence-corrected chi connectivity index (χ2v) is 7.62. The topological polar surface area (TPSA) is 86.5 Å². The fraction of sp³-hybridized carbons (Fsp3) is 0.111. The van der Waals surface area contributed by atoms with Crippen molar-refractivity contribution >= 4 is 5.91 Å². The van der Waals surface area contributed by atoms with Gasteiger partial charge in [-0.25, -0.2) is 9.37 Å². The number of nitrogens with zero attached hydrogens (tertiary/aromatic N) is 1. The van der Waals surface area contributed by atoms with Gasteiger partial charge in [-0.15, -0.1) is 0 Å². The molecule has 1 atom stereocenters. The average Bonchev–Trinajstić information content (AvgIpc) is 2.84. The van der Waals surface area contributed by atoms with Crippen LogP contribution in [0, 0.1) is 5.82 Å². The highest BCUT2D eigenvalue weighted by molar-refractivity contribution is 5.81. The lowest BCUT2D eigenvalue weighted by Gasteiger charge is -2.15. The third-order valence-corrected chi connectivity index (χ3v) is 4.98. The normalized spacial score (nSPS) is 11.5. The number of benzene rings is 3. The molecule has 172 valence electrons. The SMILES string of the molecule is NC(Cc1cccc(Oc2ccccc2)c1)C(=O)NCc1cccnc1Oc1cccc(F)c1. The highest BCUT2D eigenvalue weighted by atomic mass is 19.1. The van der Waals surface area contributed by atoms with Crippen LogP contribution < -0.4 is 20.5 Å². The monoisotopic (exact) mass is 457 g/mol. The summed E-state index contributed by atoms with van der Waals surface area (Å²) in [6, 6.07) is 25.5. The molecule has 3 N–H and O–H groups in total. The Bertz CT molecular complexity index is 1250. The number of nitrogens with one attached hydrogen (secondary N) is 1. The van der Waals surface area contributed by atoms with Gasteiger partial charge in [-0.05, 0) is 54.4 Å². The highest BCUT2D eigenvalue weighted by Crippen LogP contribution is 2.24. The molecule has 34 heavy (non-hydrogen) atoms. The summed E-state index contributed by atoms with van der Waals surface area (Å²) in [5.74, 6) is 1.29. The van der Waals surface area contributed by atoms with Crippen LogP contribution in [0.1, 0.15) is 11.1 Å². The van der Waals surface area contributed by atoms with Crippen molar-refractivity contribution in [3.05, 3.63) is 114 Å². The van der Waals surface area contributed by atoms with Crippen LogP contribution in [0.2, 0.25) is 0 Å². The molecule has 7 heteroatoms. The molecular formula is C27H24FN3O3. The van der Waals surface area contributed by atoms with Gasteiger partial charge in [-0.1, -0.05) is 42.5 Å². The number of ether oxygens (including phenoxy) is 2. The van der Waals surface area contributed by atoms with Gasteiger partial charge in [0.2, 0.25) is 11.8 Å². The Morgan fingerprint density at radius 2 is 1.62 bits per heavy atom. The summed E-state index contributed by atoms with van der Waals surface area (Å²) < 4.78 is 25.0. The lowest BCUT2D eigenvalue weighted by molar-refractivity contribution is -0.122. The fourth-order valence-corrected chi connectivity index (χ4v) is 3.31. The molecule has 0 aliphatic rings. The molecule has 0 aliphatic carbocycles. The van der Waals surface area contributed by atoms with Gasteiger partial charge in [0.15, 0.2) is 0 Å². The number of aromatic nitrogens is 1. The molecule has 3 aromatic carbocycles. The van der Waals surface area contributed by atoms with Gasteiger partial charge in [-0.2, -0.15) is 0 Å². The van der Waals surface area contributed by atoms with Crippen LogP contribution in [0.3, 0.4) is 0 Å². The zero-order chi connectivity index (χ0) is 23.8. The van der Waals surface area contributed by atoms with Gasteiger partial charge in [-0.3, -0.25) is 4.79 Å². The predicted octanol–water partition coefficient (Wildman–Crippen LogP) is 4.99. The van der Waals surface area contributed by atoms with Gasteiger partial charge in [0.1, 0.15) is 23.1 Å². The van der Waals surface area contributed by atoms with Gasteiger partial charge in [0.05, 0.1) is 6.04 Å². The van der Waals surface area contributed by atoms with Crippen molar-refractivity contribution in [2.75, 3.05) is 0 Å². The van der Waals surface area contributed by atoms with Crippen molar-refractivity contribution < 1.29 is 18.7 Å². The van der Waals surface area contributed by atoms with Crippen molar-refractivity contribution in [1.82, 2.24) is 10.3 Å². The third kappa shape index (κ3) is 6.40. The number of hydrogen-bond donors (Lipinski definition) is 2. The Balaban J connectivity index is 1.35. The zero-order valence-corrected chi connectivity index (χ0v) is 18.4. The van der Waals surface area contributed by atoms with Gasteiger partial charge < -0.3 is 20.5 Å². The number of hydrogen-bond acceptors (Lipinski definition) is 5. The van der Waals surface area contributed by atoms with Gasteiger partial charge in [0.25, 0.3) is 0 Å². The first-order valence-corrected chi connectivity index (χ1v) is 10.8. The maximum atomic E-state index is 13.4. The van der Waals surface area contributed by atoms with Crippen LogP contribution in [0.5, 0.6) is 23.1 Å². The Morgan fingerprint density at radius 3 is 2.41 bits per heavy atom. The van der Waals surface area contributed by atoms with E-state index in [2.05, 4.69) is 10.3 Å². The molecule has 1 heterocycles. The molecule has 6 nitrogen and oxygen atoms in total. The lowest BCUT2D eigenvalue weighted by atomic mass is 10.1. The minimum atomic E-state index is -0.753. The number of pyridine rings is 1. The Morgan fingerprint density at radius 1 is 0.882 bits per heavy atom. The van der Waals surface area contributed by atoms with E-state index in [1.165, 1.54) is 12.1 Å². The van der Waals surface area contributed by atoms with Crippen LogP contribution in [-0.2, 0) is 17.8 Å². The van der Waals surface area contributed by atoms with Crippen LogP contribution in [0.15, 0.2) is 97.2 Å². The molecule has 0 fully saturated rings. The second kappa shape index (κ2) is 11.1. The summed E-state index contributed by atoms with van der Waals surface area (Å²) in [7, 11) is 0. The van der Waals surface area contributed by atoms with E-state index in [1.54, 1.807) is 30.5 Å². The van der Waals surface area contributed by atoms with E-state index in [0.717, 1.165) is 11.3 Å². The minimum absolute atomic E-state index is 0.169. The van der Waals surface area contributed by atoms with Gasteiger partial charge >= 0.3 is 0 Å². The largest absolute Gasteiger partial charge is 0.457 e. The van der Waals surface area contributed by atoms with E-state index in [0.29, 0.717) is 23.5 Å². The summed E-state index contributed by atoms with van der Waals surface area (Å²) in [4.78, 5) is 16.8. The Hall–Kier alpha value is -4.23. The first-order chi connectivity index (χ1) is 16.6. The van der Waals surface area contributed by atoms with Crippen LogP contribution >= 0.6 is 0 Å². The number of rotatable bonds is 9. The number of halogens is 1. The first kappa shape index (κ1) is 22.9. The Kier molecular flexibility index (Phi) is 7.47. The number of amides is 1. The predicted molar refractivity (Wildman–Crippen MR) is 127 cm³/mol. The fourth-order valence-electron chi connectivity index (χ4n) is 3.31. The van der Waals surface area contributed by atoms with E-state index in [1.807, 2.05) is 54.6 Å². The highest BCUT2D eigenvalue weighted by Gasteiger charge is 2.16. The second-order valence-electron chi connectivity index (χ2n) is 7.62. The molecule has 1 amide bonds. The summed E-state index contributed by atoms with van der Waals surface area (Å²) in [6.45, 7) is 0.169. The molecule has 0 aliphatic heterocycles. The van der Waals surface area contributed by atoms with E-state index in [-0.39, 0.29) is 18.3 Å². The van der Waals surface area contributed by atoms with Crippen LogP contribution in [-0.4, -0.2) is 16.9 Å². The standard InChI is InChI=1S/C27H24FN3O3/c28-21-9-5-13-24(17-21)34-27-20(8-6-14-30-27)18-31-26(32)25(29)16-19-7-4-12-23(15-19)33-22-10-2-1-3-11-22/h1-15,17,25H,16,18,29H2,(H,31,32). The Labute approximate surface area is 197 Å². The molecule has 0 saturated heterocycles. The average molecular weight is 458 g/mol. The molecule has 4 rings (SSSR count). The van der Waals surface area contributed by atoms with Crippen molar-refractivity contribution in [1.29, 1.82) is 0 Å². The van der Waals surface area contributed by atoms with E-state index in [4.69, 9.17) is 15.2 Å². The lowest BCUT2D eigenvalue weighted by Crippen LogP contribution is -2.41. The molecule has 0 spiro atoms. The first-order valence-electron chi connectivity index (χ1n) is 10.8. The quantitative estimate of drug-likeness (QED) is 0.370. The number of para-hydroxylation sites is 1. The van der Waals surface area contributed by atoms with Gasteiger partial charge in [0, 0.05) is 24.4 Å². The van der Waals surface area contributed by atoms with Crippen molar-refractivity contribution in [2.45, 2.75) is 19.0 Å². The molecule has 0 radical (unpaired) electrons. The zero-order valence-electron chi connectivity index (χ0n) is 18.4. The van der Waals surface area contributed by atoms with Crippen molar-refractivity contribution in [3.63, 3.8) is 0 Å². The maximum Gasteiger partial charge on any atom is 0.237 e. The third-order valence-electron chi connectivity index (χ3n) is 4.98. The molecule has 0 saturated carbocycles. The summed E-state index contributed by atoms with van der Waals surface area (Å²) in [5.41, 5.74) is 7.68. The minimum Gasteiger partial charge on any atom is -0.457 e. The van der Waals surface area contributed by atoms with E-state index in [9.17, 15) is 9.18 Å². The van der Waals surface area contributed by atoms with E-state index < -0.39 is 11.9 Å². The molecule has 1 aromatic heterocycles. The smallest absolute Gasteiger partial charge is 0.237 e. The number of carbonyl (C=O) groups excluding carboxylic acids is 1. The van der Waals surface area contributed by atoms with Crippen molar-refractivity contribution in [2.24, 2.45) is 5.73 Å². The summed E-state index contributed by atoms with van der Waals surface area (Å²) in [6.07, 6.45) is 1.91. The molecular weight excluding hydrogens is 433 g/mol. The van der Waals surface area contributed by atoms with Crippen molar-refractivity contribution in [3.8, 4) is 23.1 Å². The van der Waals surface area contributed by atoms with Crippen LogP contribution in [0.25, 0.3) is 0 Å². The number of nitrogens with two attached hydrogens (primary N) is 1. The molecule has 4 aromatic rings. The number of carbonyl (C=O) groups is 1. The van der Waals surface area contributed by atoms with E-state index >= 15 is 0 Å². The maximum absolute atomic E-state index is 13.4. The molecule has 0 bridgehead atoms. The summed E-state index contributed by atoms with van der Waals surface area (Å²) >= 11 is 0.